The summed E-state index contributed by atoms with van der Waals surface area (Å²) in [5, 5.41) is 10.1. The van der Waals surface area contributed by atoms with E-state index in [1.807, 2.05) is 36.4 Å². The van der Waals surface area contributed by atoms with Gasteiger partial charge in [0.25, 0.3) is 0 Å². The highest BCUT2D eigenvalue weighted by Gasteiger charge is 2.17. The summed E-state index contributed by atoms with van der Waals surface area (Å²) >= 11 is 1.58. The van der Waals surface area contributed by atoms with Crippen LogP contribution in [0.3, 0.4) is 0 Å². The van der Waals surface area contributed by atoms with E-state index < -0.39 is 17.3 Å². The number of thiazole rings is 1. The van der Waals surface area contributed by atoms with Crippen molar-refractivity contribution < 1.29 is 19.0 Å². The van der Waals surface area contributed by atoms with E-state index in [4.69, 9.17) is 9.72 Å². The molecule has 4 nitrogen and oxygen atoms in total. The number of aromatic carboxylic acids is 1. The fraction of sp³-hybridized carbons (Fsp3) is 0.0370. The SMILES string of the molecule is COc1cc(C(=O)O)c(F)cc1-c1ccc2sc(-c3ccc(-c4ccccc4)cc3)nc2c1. The van der Waals surface area contributed by atoms with Crippen molar-refractivity contribution in [1.82, 2.24) is 4.98 Å². The van der Waals surface area contributed by atoms with Crippen molar-refractivity contribution in [3.63, 3.8) is 0 Å². The summed E-state index contributed by atoms with van der Waals surface area (Å²) < 4.78 is 20.7. The molecule has 1 heterocycles. The van der Waals surface area contributed by atoms with Gasteiger partial charge in [-0.25, -0.2) is 14.2 Å². The maximum Gasteiger partial charge on any atom is 0.338 e. The number of carboxylic acid groups (broad SMARTS) is 1. The molecule has 0 atom stereocenters. The van der Waals surface area contributed by atoms with Gasteiger partial charge in [-0.1, -0.05) is 60.7 Å². The predicted octanol–water partition coefficient (Wildman–Crippen LogP) is 7.14. The zero-order valence-electron chi connectivity index (χ0n) is 17.6. The highest BCUT2D eigenvalue weighted by atomic mass is 32.1. The fourth-order valence-electron chi connectivity index (χ4n) is 3.77. The second kappa shape index (κ2) is 8.48. The Balaban J connectivity index is 1.51. The minimum absolute atomic E-state index is 0.292. The van der Waals surface area contributed by atoms with Crippen LogP contribution in [0.1, 0.15) is 10.4 Å². The van der Waals surface area contributed by atoms with Gasteiger partial charge in [-0.3, -0.25) is 0 Å². The molecule has 0 aliphatic carbocycles. The lowest BCUT2D eigenvalue weighted by molar-refractivity contribution is 0.0691. The minimum atomic E-state index is -1.34. The van der Waals surface area contributed by atoms with Crippen LogP contribution in [-0.2, 0) is 0 Å². The molecule has 1 N–H and O–H groups in total. The zero-order chi connectivity index (χ0) is 22.9. The van der Waals surface area contributed by atoms with Crippen LogP contribution >= 0.6 is 11.3 Å². The number of halogens is 1. The average molecular weight is 456 g/mol. The molecule has 5 rings (SSSR count). The summed E-state index contributed by atoms with van der Waals surface area (Å²) in [6.45, 7) is 0. The number of hydrogen-bond donors (Lipinski definition) is 1. The van der Waals surface area contributed by atoms with Gasteiger partial charge in [0.1, 0.15) is 16.6 Å². The molecule has 0 fully saturated rings. The Labute approximate surface area is 193 Å². The van der Waals surface area contributed by atoms with Crippen molar-refractivity contribution in [2.75, 3.05) is 7.11 Å². The molecular formula is C27H18FNO3S. The van der Waals surface area contributed by atoms with Crippen molar-refractivity contribution in [3.8, 4) is 38.6 Å². The van der Waals surface area contributed by atoms with Gasteiger partial charge in [0, 0.05) is 11.1 Å². The molecule has 0 saturated heterocycles. The van der Waals surface area contributed by atoms with Crippen molar-refractivity contribution >= 4 is 27.5 Å². The van der Waals surface area contributed by atoms with Gasteiger partial charge in [0.15, 0.2) is 0 Å². The topological polar surface area (TPSA) is 59.4 Å². The molecule has 6 heteroatoms. The average Bonchev–Trinajstić information content (AvgIpc) is 3.28. The van der Waals surface area contributed by atoms with Crippen molar-refractivity contribution in [2.45, 2.75) is 0 Å². The number of carboxylic acids is 1. The van der Waals surface area contributed by atoms with Crippen LogP contribution in [0, 0.1) is 5.82 Å². The van der Waals surface area contributed by atoms with Crippen LogP contribution < -0.4 is 4.74 Å². The van der Waals surface area contributed by atoms with E-state index in [0.717, 1.165) is 31.9 Å². The first-order chi connectivity index (χ1) is 16.0. The molecule has 0 spiro atoms. The van der Waals surface area contributed by atoms with Crippen molar-refractivity contribution in [1.29, 1.82) is 0 Å². The first-order valence-electron chi connectivity index (χ1n) is 10.2. The highest BCUT2D eigenvalue weighted by molar-refractivity contribution is 7.21. The van der Waals surface area contributed by atoms with Gasteiger partial charge in [-0.2, -0.15) is 0 Å². The molecule has 4 aromatic carbocycles. The molecule has 0 amide bonds. The van der Waals surface area contributed by atoms with E-state index in [2.05, 4.69) is 36.4 Å². The van der Waals surface area contributed by atoms with Crippen LogP contribution in [0.5, 0.6) is 5.75 Å². The summed E-state index contributed by atoms with van der Waals surface area (Å²) in [6.07, 6.45) is 0. The number of fused-ring (bicyclic) bond motifs is 1. The first kappa shape index (κ1) is 20.8. The van der Waals surface area contributed by atoms with Gasteiger partial charge in [-0.15, -0.1) is 11.3 Å². The van der Waals surface area contributed by atoms with Crippen LogP contribution in [0.4, 0.5) is 4.39 Å². The van der Waals surface area contributed by atoms with Crippen LogP contribution in [-0.4, -0.2) is 23.2 Å². The van der Waals surface area contributed by atoms with E-state index in [0.29, 0.717) is 16.9 Å². The Kier molecular flexibility index (Phi) is 5.36. The third-order valence-electron chi connectivity index (χ3n) is 5.46. The summed E-state index contributed by atoms with van der Waals surface area (Å²) in [4.78, 5) is 16.0. The van der Waals surface area contributed by atoms with Crippen LogP contribution in [0.2, 0.25) is 0 Å². The Morgan fingerprint density at radius 3 is 2.24 bits per heavy atom. The third-order valence-corrected chi connectivity index (χ3v) is 6.54. The second-order valence-corrected chi connectivity index (χ2v) is 8.51. The summed E-state index contributed by atoms with van der Waals surface area (Å²) in [6, 6.07) is 26.5. The lowest BCUT2D eigenvalue weighted by Gasteiger charge is -2.10. The molecule has 1 aromatic heterocycles. The summed E-state index contributed by atoms with van der Waals surface area (Å²) in [5.74, 6) is -1.86. The van der Waals surface area contributed by atoms with Crippen LogP contribution in [0.25, 0.3) is 43.0 Å². The van der Waals surface area contributed by atoms with Crippen molar-refractivity contribution in [3.05, 3.63) is 96.3 Å². The number of nitrogens with zero attached hydrogens (tertiary/aromatic N) is 1. The van der Waals surface area contributed by atoms with Crippen LogP contribution in [0.15, 0.2) is 84.9 Å². The molecule has 33 heavy (non-hydrogen) atoms. The van der Waals surface area contributed by atoms with Gasteiger partial charge in [-0.05, 0) is 41.0 Å². The van der Waals surface area contributed by atoms with Gasteiger partial charge >= 0.3 is 5.97 Å². The molecular weight excluding hydrogens is 437 g/mol. The second-order valence-electron chi connectivity index (χ2n) is 7.48. The highest BCUT2D eigenvalue weighted by Crippen LogP contribution is 2.37. The number of methoxy groups -OCH3 is 1. The largest absolute Gasteiger partial charge is 0.496 e. The Bertz CT molecular complexity index is 1480. The van der Waals surface area contributed by atoms with Crippen molar-refractivity contribution in [2.24, 2.45) is 0 Å². The molecule has 0 saturated carbocycles. The molecule has 0 aliphatic rings. The number of rotatable bonds is 5. The van der Waals surface area contributed by atoms with E-state index in [9.17, 15) is 14.3 Å². The number of hydrogen-bond acceptors (Lipinski definition) is 4. The van der Waals surface area contributed by atoms with E-state index in [1.165, 1.54) is 19.2 Å². The van der Waals surface area contributed by atoms with E-state index in [1.54, 1.807) is 11.3 Å². The third kappa shape index (κ3) is 3.97. The van der Waals surface area contributed by atoms with Gasteiger partial charge in [0.2, 0.25) is 0 Å². The zero-order valence-corrected chi connectivity index (χ0v) is 18.4. The fourth-order valence-corrected chi connectivity index (χ4v) is 4.72. The normalized spacial score (nSPS) is 11.0. The monoisotopic (exact) mass is 455 g/mol. The van der Waals surface area contributed by atoms with Gasteiger partial charge < -0.3 is 9.84 Å². The predicted molar refractivity (Wildman–Crippen MR) is 129 cm³/mol. The summed E-state index contributed by atoms with van der Waals surface area (Å²) in [5.41, 5.74) is 4.85. The van der Waals surface area contributed by atoms with E-state index in [-0.39, 0.29) is 0 Å². The number of carbonyl (C=O) groups is 1. The minimum Gasteiger partial charge on any atom is -0.496 e. The lowest BCUT2D eigenvalue weighted by Crippen LogP contribution is -2.02. The number of aromatic nitrogens is 1. The molecule has 0 aliphatic heterocycles. The molecule has 0 bridgehead atoms. The number of benzene rings is 4. The molecule has 162 valence electrons. The smallest absolute Gasteiger partial charge is 0.338 e. The standard InChI is InChI=1S/C27H18FNO3S/c1-32-24-15-21(27(30)31)22(28)14-20(24)19-11-12-25-23(13-19)29-26(33-25)18-9-7-17(8-10-18)16-5-3-2-4-6-16/h2-15H,1H3,(H,30,31). The lowest BCUT2D eigenvalue weighted by atomic mass is 10.0. The van der Waals surface area contributed by atoms with E-state index >= 15 is 0 Å². The molecule has 0 radical (unpaired) electrons. The number of ether oxygens (including phenoxy) is 1. The quantitative estimate of drug-likeness (QED) is 0.306. The van der Waals surface area contributed by atoms with Gasteiger partial charge in [0.05, 0.1) is 22.9 Å². The maximum absolute atomic E-state index is 14.3. The summed E-state index contributed by atoms with van der Waals surface area (Å²) in [7, 11) is 1.43. The Morgan fingerprint density at radius 1 is 0.879 bits per heavy atom. The maximum atomic E-state index is 14.3. The Morgan fingerprint density at radius 2 is 1.55 bits per heavy atom. The molecule has 0 unspecified atom stereocenters. The molecule has 5 aromatic rings. The first-order valence-corrected chi connectivity index (χ1v) is 11.0. The Hall–Kier alpha value is -4.03.